The predicted octanol–water partition coefficient (Wildman–Crippen LogP) is 6.46. The minimum Gasteiger partial charge on any atom is -0.491 e. The Morgan fingerprint density at radius 1 is 0.950 bits per heavy atom. The number of carbonyl (C=O) groups is 1. The summed E-state index contributed by atoms with van der Waals surface area (Å²) in [6.45, 7) is 3.40. The number of aliphatic hydroxyl groups excluding tert-OH is 1. The molecule has 2 atom stereocenters. The van der Waals surface area contributed by atoms with Crippen LogP contribution in [0.3, 0.4) is 0 Å². The molecule has 40 heavy (non-hydrogen) atoms. The zero-order valence-corrected chi connectivity index (χ0v) is 23.5. The van der Waals surface area contributed by atoms with Gasteiger partial charge in [0.2, 0.25) is 0 Å². The summed E-state index contributed by atoms with van der Waals surface area (Å²) in [6, 6.07) is 19.8. The molecule has 3 heterocycles. The molecule has 1 saturated heterocycles. The first-order chi connectivity index (χ1) is 19.4. The van der Waals surface area contributed by atoms with Gasteiger partial charge < -0.3 is 24.5 Å². The highest BCUT2D eigenvalue weighted by Gasteiger charge is 2.36. The summed E-state index contributed by atoms with van der Waals surface area (Å²) in [5, 5.41) is 12.7. The van der Waals surface area contributed by atoms with Crippen LogP contribution < -0.4 is 9.47 Å². The van der Waals surface area contributed by atoms with Gasteiger partial charge in [-0.05, 0) is 98.1 Å². The molecule has 6 rings (SSSR count). The van der Waals surface area contributed by atoms with Gasteiger partial charge in [0.15, 0.2) is 0 Å². The molecule has 3 aromatic carbocycles. The molecule has 4 aromatic rings. The second-order valence-corrected chi connectivity index (χ2v) is 11.3. The van der Waals surface area contributed by atoms with Crippen LogP contribution in [-0.2, 0) is 6.42 Å². The van der Waals surface area contributed by atoms with Gasteiger partial charge in [-0.1, -0.05) is 35.3 Å². The number of likely N-dealkylation sites (tertiary alicyclic amines) is 1. The van der Waals surface area contributed by atoms with E-state index in [1.165, 1.54) is 12.8 Å². The summed E-state index contributed by atoms with van der Waals surface area (Å²) < 4.78 is 11.6. The summed E-state index contributed by atoms with van der Waals surface area (Å²) in [6.07, 6.45) is 2.05. The van der Waals surface area contributed by atoms with Gasteiger partial charge in [0, 0.05) is 39.7 Å². The van der Waals surface area contributed by atoms with Crippen LogP contribution in [0.4, 0.5) is 4.79 Å². The lowest BCUT2D eigenvalue weighted by molar-refractivity contribution is 0.0758. The summed E-state index contributed by atoms with van der Waals surface area (Å²) in [7, 11) is 0. The topological polar surface area (TPSA) is 78.0 Å². The summed E-state index contributed by atoms with van der Waals surface area (Å²) >= 11 is 12.3. The Morgan fingerprint density at radius 3 is 2.40 bits per heavy atom. The van der Waals surface area contributed by atoms with Crippen molar-refractivity contribution in [3.63, 3.8) is 0 Å². The number of amides is 1. The number of ether oxygens (including phenoxy) is 2. The summed E-state index contributed by atoms with van der Waals surface area (Å²) in [5.41, 5.74) is 3.96. The number of benzene rings is 3. The minimum absolute atomic E-state index is 0.228. The van der Waals surface area contributed by atoms with Crippen molar-refractivity contribution in [2.45, 2.75) is 31.4 Å². The number of hydrogen-bond acceptors (Lipinski definition) is 5. The van der Waals surface area contributed by atoms with Crippen LogP contribution >= 0.6 is 23.2 Å². The van der Waals surface area contributed by atoms with E-state index in [2.05, 4.69) is 9.88 Å². The first kappa shape index (κ1) is 27.0. The molecule has 2 unspecified atom stereocenters. The molecule has 2 aliphatic heterocycles. The van der Waals surface area contributed by atoms with E-state index in [1.807, 2.05) is 42.5 Å². The van der Waals surface area contributed by atoms with E-state index in [9.17, 15) is 9.90 Å². The van der Waals surface area contributed by atoms with Crippen LogP contribution in [0.2, 0.25) is 10.0 Å². The molecule has 2 aliphatic rings. The Hall–Kier alpha value is -3.23. The molecule has 7 nitrogen and oxygen atoms in total. The maximum absolute atomic E-state index is 13.5. The van der Waals surface area contributed by atoms with Crippen LogP contribution in [0.1, 0.15) is 35.7 Å². The molecule has 0 saturated carbocycles. The number of carbonyl (C=O) groups excluding carboxylic acids is 1. The molecule has 1 aromatic heterocycles. The number of halogens is 2. The van der Waals surface area contributed by atoms with Crippen LogP contribution in [0.15, 0.2) is 66.7 Å². The van der Waals surface area contributed by atoms with Crippen molar-refractivity contribution < 1.29 is 19.4 Å². The quantitative estimate of drug-likeness (QED) is 0.263. The largest absolute Gasteiger partial charge is 0.491 e. The molecule has 9 heteroatoms. The number of aromatic nitrogens is 1. The number of fused-ring (bicyclic) bond motifs is 3. The molecule has 0 bridgehead atoms. The van der Waals surface area contributed by atoms with Gasteiger partial charge in [-0.15, -0.1) is 0 Å². The minimum atomic E-state index is -0.546. The van der Waals surface area contributed by atoms with E-state index in [1.54, 1.807) is 29.2 Å². The maximum atomic E-state index is 13.5. The van der Waals surface area contributed by atoms with Crippen LogP contribution in [0.25, 0.3) is 10.9 Å². The number of β-amino-alcohol motifs (C(OH)–C–C–N with tert-alkyl or cyclic N) is 1. The predicted molar refractivity (Wildman–Crippen MR) is 157 cm³/mol. The molecular weight excluding hydrogens is 549 g/mol. The monoisotopic (exact) mass is 579 g/mol. The third kappa shape index (κ3) is 5.79. The molecule has 0 radical (unpaired) electrons. The number of rotatable bonds is 7. The zero-order chi connectivity index (χ0) is 27.6. The smallest absolute Gasteiger partial charge is 0.416 e. The number of hydrogen-bond donors (Lipinski definition) is 2. The van der Waals surface area contributed by atoms with Gasteiger partial charge in [0.1, 0.15) is 30.3 Å². The molecule has 208 valence electrons. The first-order valence-electron chi connectivity index (χ1n) is 13.6. The normalized spacial score (nSPS) is 18.1. The fourth-order valence-corrected chi connectivity index (χ4v) is 6.02. The van der Waals surface area contributed by atoms with Gasteiger partial charge in [-0.25, -0.2) is 4.79 Å². The third-order valence-electron chi connectivity index (χ3n) is 7.65. The molecule has 2 N–H and O–H groups in total. The Balaban J connectivity index is 1.25. The van der Waals surface area contributed by atoms with Crippen molar-refractivity contribution in [1.29, 1.82) is 0 Å². The number of nitrogens with one attached hydrogen (secondary N) is 1. The Kier molecular flexibility index (Phi) is 7.89. The van der Waals surface area contributed by atoms with Crippen molar-refractivity contribution in [2.75, 3.05) is 32.8 Å². The first-order valence-corrected chi connectivity index (χ1v) is 14.4. The van der Waals surface area contributed by atoms with Gasteiger partial charge in [-0.2, -0.15) is 0 Å². The van der Waals surface area contributed by atoms with Crippen molar-refractivity contribution in [1.82, 2.24) is 14.8 Å². The highest BCUT2D eigenvalue weighted by atomic mass is 35.5. The van der Waals surface area contributed by atoms with Crippen molar-refractivity contribution in [2.24, 2.45) is 0 Å². The summed E-state index contributed by atoms with van der Waals surface area (Å²) in [5.74, 6) is 1.09. The van der Waals surface area contributed by atoms with Gasteiger partial charge in [-0.3, -0.25) is 4.90 Å². The van der Waals surface area contributed by atoms with Crippen molar-refractivity contribution in [3.8, 4) is 11.5 Å². The molecule has 0 spiro atoms. The van der Waals surface area contributed by atoms with Crippen LogP contribution in [0, 0.1) is 0 Å². The number of H-pyrrole nitrogens is 1. The Labute approximate surface area is 243 Å². The lowest BCUT2D eigenvalue weighted by Crippen LogP contribution is -2.42. The lowest BCUT2D eigenvalue weighted by Gasteiger charge is -2.35. The van der Waals surface area contributed by atoms with Crippen LogP contribution in [0.5, 0.6) is 11.5 Å². The van der Waals surface area contributed by atoms with E-state index >= 15 is 0 Å². The van der Waals surface area contributed by atoms with Crippen molar-refractivity contribution >= 4 is 40.2 Å². The SMILES string of the molecule is O=C(Oc1ccc(Cl)cc1)N1CCc2c([nH]c3ccc(Cl)cc23)C1c1ccc(OCC(O)CN2CCCC2)cc1. The average Bonchev–Trinajstić information content (AvgIpc) is 3.60. The molecule has 1 amide bonds. The molecular formula is C31H31Cl2N3O4. The highest BCUT2D eigenvalue weighted by molar-refractivity contribution is 6.31. The van der Waals surface area contributed by atoms with Gasteiger partial charge >= 0.3 is 6.09 Å². The Bertz CT molecular complexity index is 1480. The number of aliphatic hydroxyl groups is 1. The molecule has 1 fully saturated rings. The lowest BCUT2D eigenvalue weighted by atomic mass is 9.92. The average molecular weight is 581 g/mol. The third-order valence-corrected chi connectivity index (χ3v) is 8.14. The second kappa shape index (κ2) is 11.7. The standard InChI is InChI=1S/C31H31Cl2N3O4/c32-21-5-10-25(11-6-21)40-31(38)36-16-13-26-27-17-22(33)7-12-28(27)34-29(26)30(36)20-3-8-24(9-4-20)39-19-23(37)18-35-14-1-2-15-35/h3-12,17,23,30,34,37H,1-2,13-16,18-19H2. The van der Waals surface area contributed by atoms with Gasteiger partial charge in [0.05, 0.1) is 0 Å². The van der Waals surface area contributed by atoms with E-state index in [-0.39, 0.29) is 6.61 Å². The van der Waals surface area contributed by atoms with Crippen molar-refractivity contribution in [3.05, 3.63) is 93.6 Å². The fourth-order valence-electron chi connectivity index (χ4n) is 5.72. The highest BCUT2D eigenvalue weighted by Crippen LogP contribution is 2.40. The zero-order valence-electron chi connectivity index (χ0n) is 22.0. The van der Waals surface area contributed by atoms with E-state index in [0.29, 0.717) is 41.1 Å². The number of nitrogens with zero attached hydrogens (tertiary/aromatic N) is 2. The van der Waals surface area contributed by atoms with Crippen LogP contribution in [-0.4, -0.2) is 64.9 Å². The van der Waals surface area contributed by atoms with E-state index in [0.717, 1.165) is 40.8 Å². The second-order valence-electron chi connectivity index (χ2n) is 10.4. The van der Waals surface area contributed by atoms with E-state index in [4.69, 9.17) is 32.7 Å². The fraction of sp³-hybridized carbons (Fsp3) is 0.323. The maximum Gasteiger partial charge on any atom is 0.416 e. The summed E-state index contributed by atoms with van der Waals surface area (Å²) in [4.78, 5) is 21.0. The van der Waals surface area contributed by atoms with Gasteiger partial charge in [0.25, 0.3) is 0 Å². The molecule has 0 aliphatic carbocycles. The number of aromatic amines is 1. The van der Waals surface area contributed by atoms with E-state index < -0.39 is 18.2 Å². The Morgan fingerprint density at radius 2 is 1.65 bits per heavy atom.